The maximum absolute atomic E-state index is 12.9. The first-order valence-electron chi connectivity index (χ1n) is 8.82. The summed E-state index contributed by atoms with van der Waals surface area (Å²) < 4.78 is 38.6. The largest absolute Gasteiger partial charge is 0.443 e. The average Bonchev–Trinajstić information content (AvgIpc) is 2.98. The highest BCUT2D eigenvalue weighted by molar-refractivity contribution is 7.11. The topological polar surface area (TPSA) is 45.2 Å². The third-order valence-electron chi connectivity index (χ3n) is 4.26. The smallest absolute Gasteiger partial charge is 0.366 e. The molecule has 1 aromatic carbocycles. The van der Waals surface area contributed by atoms with E-state index in [0.717, 1.165) is 5.69 Å². The lowest BCUT2D eigenvalue weighted by Gasteiger charge is -2.28. The van der Waals surface area contributed by atoms with E-state index < -0.39 is 11.2 Å². The van der Waals surface area contributed by atoms with Gasteiger partial charge in [-0.3, -0.25) is 4.79 Å². The zero-order valence-corrected chi connectivity index (χ0v) is 17.4. The number of hydrogen-bond acceptors (Lipinski definition) is 4. The molecule has 0 saturated carbocycles. The Kier molecular flexibility index (Phi) is 5.64. The molecule has 2 heterocycles. The van der Waals surface area contributed by atoms with E-state index in [4.69, 9.17) is 11.6 Å². The molecule has 0 spiro atoms. The van der Waals surface area contributed by atoms with Crippen molar-refractivity contribution in [1.82, 2.24) is 4.98 Å². The van der Waals surface area contributed by atoms with E-state index in [2.05, 4.69) is 10.3 Å². The second-order valence-electron chi connectivity index (χ2n) is 8.01. The number of alkyl halides is 3. The van der Waals surface area contributed by atoms with E-state index in [1.54, 1.807) is 12.1 Å². The minimum atomic E-state index is -4.41. The summed E-state index contributed by atoms with van der Waals surface area (Å²) in [5.74, 6) is -0.117. The highest BCUT2D eigenvalue weighted by atomic mass is 35.5. The van der Waals surface area contributed by atoms with Gasteiger partial charge in [-0.2, -0.15) is 13.2 Å². The molecule has 3 rings (SSSR count). The Hall–Kier alpha value is -1.80. The number of anilines is 2. The molecule has 1 aliphatic rings. The highest BCUT2D eigenvalue weighted by Crippen LogP contribution is 2.37. The van der Waals surface area contributed by atoms with Crippen molar-refractivity contribution >= 4 is 40.2 Å². The van der Waals surface area contributed by atoms with Crippen LogP contribution in [0.1, 0.15) is 42.8 Å². The van der Waals surface area contributed by atoms with Crippen molar-refractivity contribution in [2.24, 2.45) is 5.41 Å². The Labute approximate surface area is 170 Å². The summed E-state index contributed by atoms with van der Waals surface area (Å²) in [5.41, 5.74) is 1.71. The number of fused-ring (bicyclic) bond motifs is 1. The van der Waals surface area contributed by atoms with Crippen LogP contribution >= 0.6 is 22.9 Å². The van der Waals surface area contributed by atoms with Gasteiger partial charge in [0.15, 0.2) is 5.01 Å². The zero-order valence-electron chi connectivity index (χ0n) is 15.8. The number of amides is 1. The number of carbonyl (C=O) groups excluding carboxylic acids is 1. The van der Waals surface area contributed by atoms with Gasteiger partial charge in [0.2, 0.25) is 5.91 Å². The molecule has 0 saturated heterocycles. The van der Waals surface area contributed by atoms with E-state index >= 15 is 0 Å². The minimum absolute atomic E-state index is 0.117. The summed E-state index contributed by atoms with van der Waals surface area (Å²) in [6.07, 6.45) is -3.60. The van der Waals surface area contributed by atoms with Crippen LogP contribution < -0.4 is 10.2 Å². The summed E-state index contributed by atoms with van der Waals surface area (Å²) >= 11 is 7.02. The lowest BCUT2D eigenvalue weighted by Crippen LogP contribution is -2.29. The zero-order chi connectivity index (χ0) is 20.7. The molecular weight excluding hydrogens is 411 g/mol. The minimum Gasteiger partial charge on any atom is -0.366 e. The number of carbonyl (C=O) groups is 1. The Morgan fingerprint density at radius 1 is 1.32 bits per heavy atom. The van der Waals surface area contributed by atoms with Crippen molar-refractivity contribution in [2.45, 2.75) is 46.3 Å². The lowest BCUT2D eigenvalue weighted by molar-refractivity contribution is -0.137. The number of nitrogens with zero attached hydrogens (tertiary/aromatic N) is 2. The van der Waals surface area contributed by atoms with Gasteiger partial charge in [-0.05, 0) is 23.6 Å². The molecule has 0 aliphatic carbocycles. The quantitative estimate of drug-likeness (QED) is 0.672. The molecule has 152 valence electrons. The van der Waals surface area contributed by atoms with Crippen LogP contribution in [0.2, 0.25) is 5.02 Å². The summed E-state index contributed by atoms with van der Waals surface area (Å²) in [7, 11) is 0. The van der Waals surface area contributed by atoms with E-state index in [9.17, 15) is 18.0 Å². The number of halogens is 4. The van der Waals surface area contributed by atoms with E-state index in [0.29, 0.717) is 58.5 Å². The van der Waals surface area contributed by atoms with Gasteiger partial charge in [-0.25, -0.2) is 4.98 Å². The maximum atomic E-state index is 12.9. The number of hydrogen-bond donors (Lipinski definition) is 1. The van der Waals surface area contributed by atoms with Crippen LogP contribution in [0.5, 0.6) is 0 Å². The Morgan fingerprint density at radius 3 is 2.64 bits per heavy atom. The number of rotatable bonds is 3. The first kappa shape index (κ1) is 20.9. The normalized spacial score (nSPS) is 14.8. The van der Waals surface area contributed by atoms with Crippen LogP contribution in [-0.2, 0) is 23.9 Å². The van der Waals surface area contributed by atoms with Gasteiger partial charge >= 0.3 is 6.18 Å². The van der Waals surface area contributed by atoms with Crippen molar-refractivity contribution in [1.29, 1.82) is 0 Å². The van der Waals surface area contributed by atoms with Gasteiger partial charge < -0.3 is 10.2 Å². The summed E-state index contributed by atoms with van der Waals surface area (Å²) in [4.78, 5) is 18.4. The second kappa shape index (κ2) is 7.55. The molecule has 0 unspecified atom stereocenters. The van der Waals surface area contributed by atoms with Crippen LogP contribution in [0.25, 0.3) is 0 Å². The Balaban J connectivity index is 1.72. The van der Waals surface area contributed by atoms with Crippen LogP contribution in [0.15, 0.2) is 18.2 Å². The van der Waals surface area contributed by atoms with E-state index in [-0.39, 0.29) is 11.3 Å². The first-order chi connectivity index (χ1) is 12.9. The van der Waals surface area contributed by atoms with E-state index in [1.807, 2.05) is 31.7 Å². The molecule has 0 atom stereocenters. The fourth-order valence-electron chi connectivity index (χ4n) is 3.02. The predicted molar refractivity (Wildman–Crippen MR) is 106 cm³/mol. The van der Waals surface area contributed by atoms with Crippen molar-refractivity contribution in [3.63, 3.8) is 0 Å². The Morgan fingerprint density at radius 2 is 2.04 bits per heavy atom. The van der Waals surface area contributed by atoms with Crippen LogP contribution in [0.3, 0.4) is 0 Å². The van der Waals surface area contributed by atoms with Crippen LogP contribution in [0, 0.1) is 5.41 Å². The molecule has 4 nitrogen and oxygen atoms in total. The van der Waals surface area contributed by atoms with Crippen LogP contribution in [0.4, 0.5) is 24.5 Å². The molecule has 1 amide bonds. The molecule has 1 N–H and O–H groups in total. The fourth-order valence-corrected chi connectivity index (χ4v) is 4.23. The Bertz CT molecular complexity index is 890. The van der Waals surface area contributed by atoms with Gasteiger partial charge in [0, 0.05) is 30.0 Å². The molecule has 0 bridgehead atoms. The molecule has 0 fully saturated rings. The van der Waals surface area contributed by atoms with Gasteiger partial charge in [-0.15, -0.1) is 11.3 Å². The van der Waals surface area contributed by atoms with Crippen molar-refractivity contribution in [3.05, 3.63) is 38.8 Å². The van der Waals surface area contributed by atoms with Crippen molar-refractivity contribution in [3.8, 4) is 0 Å². The van der Waals surface area contributed by atoms with Gasteiger partial charge in [0.1, 0.15) is 0 Å². The summed E-state index contributed by atoms with van der Waals surface area (Å²) in [6.45, 7) is 6.85. The number of thiazole rings is 1. The fraction of sp³-hybridized carbons (Fsp3) is 0.474. The molecule has 9 heteroatoms. The molecule has 0 radical (unpaired) electrons. The van der Waals surface area contributed by atoms with Gasteiger partial charge in [-0.1, -0.05) is 32.4 Å². The number of aromatic nitrogens is 1. The first-order valence-corrected chi connectivity index (χ1v) is 10.0. The molecular formula is C19H21ClF3N3OS. The van der Waals surface area contributed by atoms with Crippen molar-refractivity contribution in [2.75, 3.05) is 16.8 Å². The molecule has 1 aliphatic heterocycles. The standard InChI is InChI=1S/C19H21ClF3N3OS/c1-18(2,3)9-16(27)24-13-5-4-11(8-12(13)20)26-7-6-14-15(10-26)28-17(25-14)19(21,22)23/h4-5,8H,6-7,9-10H2,1-3H3,(H,24,27). The lowest BCUT2D eigenvalue weighted by atomic mass is 9.92. The second-order valence-corrected chi connectivity index (χ2v) is 9.50. The maximum Gasteiger partial charge on any atom is 0.443 e. The number of benzene rings is 1. The van der Waals surface area contributed by atoms with Crippen LogP contribution in [-0.4, -0.2) is 17.4 Å². The molecule has 2 aromatic rings. The summed E-state index contributed by atoms with van der Waals surface area (Å²) in [6, 6.07) is 5.27. The van der Waals surface area contributed by atoms with Gasteiger partial charge in [0.25, 0.3) is 0 Å². The van der Waals surface area contributed by atoms with Gasteiger partial charge in [0.05, 0.1) is 22.9 Å². The predicted octanol–water partition coefficient (Wildman–Crippen LogP) is 5.75. The SMILES string of the molecule is CC(C)(C)CC(=O)Nc1ccc(N2CCc3nc(C(F)(F)F)sc3C2)cc1Cl. The van der Waals surface area contributed by atoms with E-state index in [1.165, 1.54) is 0 Å². The average molecular weight is 432 g/mol. The van der Waals surface area contributed by atoms with Crippen molar-refractivity contribution < 1.29 is 18.0 Å². The summed E-state index contributed by atoms with van der Waals surface area (Å²) in [5, 5.41) is 2.41. The third kappa shape index (κ3) is 4.97. The monoisotopic (exact) mass is 431 g/mol. The number of nitrogens with one attached hydrogen (secondary N) is 1. The molecule has 28 heavy (non-hydrogen) atoms. The highest BCUT2D eigenvalue weighted by Gasteiger charge is 2.37. The third-order valence-corrected chi connectivity index (χ3v) is 5.70. The molecule has 1 aromatic heterocycles.